The molecule has 1 atom stereocenters. The first-order valence-electron chi connectivity index (χ1n) is 7.63. The van der Waals surface area contributed by atoms with Crippen molar-refractivity contribution in [1.29, 1.82) is 0 Å². The van der Waals surface area contributed by atoms with Gasteiger partial charge in [-0.1, -0.05) is 49.4 Å². The Morgan fingerprint density at radius 3 is 2.41 bits per heavy atom. The normalized spacial score (nSPS) is 12.1. The standard InChI is InChI=1S/C20H21NO/c1-15(14-21-17-10-12-18(22-2)13-11-17)19-9-5-7-16-6-3-4-8-20(16)19/h3-13,15,21H,14H2,1-2H3. The Morgan fingerprint density at radius 2 is 1.64 bits per heavy atom. The third-order valence-electron chi connectivity index (χ3n) is 4.06. The van der Waals surface area contributed by atoms with Crippen LogP contribution in [0.1, 0.15) is 18.4 Å². The van der Waals surface area contributed by atoms with Crippen molar-refractivity contribution in [2.75, 3.05) is 19.0 Å². The topological polar surface area (TPSA) is 21.3 Å². The summed E-state index contributed by atoms with van der Waals surface area (Å²) >= 11 is 0. The molecular weight excluding hydrogens is 270 g/mol. The van der Waals surface area contributed by atoms with Gasteiger partial charge in [0.05, 0.1) is 7.11 Å². The van der Waals surface area contributed by atoms with Crippen LogP contribution in [-0.4, -0.2) is 13.7 Å². The zero-order chi connectivity index (χ0) is 15.4. The van der Waals surface area contributed by atoms with Crippen molar-refractivity contribution < 1.29 is 4.74 Å². The number of fused-ring (bicyclic) bond motifs is 1. The van der Waals surface area contributed by atoms with Gasteiger partial charge < -0.3 is 10.1 Å². The zero-order valence-electron chi connectivity index (χ0n) is 13.0. The van der Waals surface area contributed by atoms with Gasteiger partial charge in [0, 0.05) is 12.2 Å². The summed E-state index contributed by atoms with van der Waals surface area (Å²) in [5, 5.41) is 6.15. The Balaban J connectivity index is 1.74. The number of benzene rings is 3. The smallest absolute Gasteiger partial charge is 0.119 e. The second-order valence-electron chi connectivity index (χ2n) is 5.58. The molecule has 3 rings (SSSR count). The molecule has 0 aliphatic carbocycles. The highest BCUT2D eigenvalue weighted by molar-refractivity contribution is 5.86. The summed E-state index contributed by atoms with van der Waals surface area (Å²) in [6, 6.07) is 23.2. The van der Waals surface area contributed by atoms with Crippen LogP contribution in [0.3, 0.4) is 0 Å². The van der Waals surface area contributed by atoms with Gasteiger partial charge in [-0.25, -0.2) is 0 Å². The Morgan fingerprint density at radius 1 is 0.909 bits per heavy atom. The van der Waals surface area contributed by atoms with Crippen LogP contribution in [-0.2, 0) is 0 Å². The molecule has 22 heavy (non-hydrogen) atoms. The first-order chi connectivity index (χ1) is 10.8. The number of ether oxygens (including phenoxy) is 1. The minimum absolute atomic E-state index is 0.438. The molecular formula is C20H21NO. The number of methoxy groups -OCH3 is 1. The van der Waals surface area contributed by atoms with E-state index in [1.165, 1.54) is 16.3 Å². The summed E-state index contributed by atoms with van der Waals surface area (Å²) in [5.74, 6) is 1.32. The van der Waals surface area contributed by atoms with Gasteiger partial charge in [-0.05, 0) is 46.5 Å². The van der Waals surface area contributed by atoms with Crippen LogP contribution in [0.5, 0.6) is 5.75 Å². The van der Waals surface area contributed by atoms with Crippen LogP contribution >= 0.6 is 0 Å². The lowest BCUT2D eigenvalue weighted by Gasteiger charge is -2.16. The first-order valence-corrected chi connectivity index (χ1v) is 7.63. The fourth-order valence-corrected chi connectivity index (χ4v) is 2.77. The molecule has 0 spiro atoms. The predicted octanol–water partition coefficient (Wildman–Crippen LogP) is 5.06. The van der Waals surface area contributed by atoms with Crippen LogP contribution in [0.2, 0.25) is 0 Å². The molecule has 0 heterocycles. The average molecular weight is 291 g/mol. The number of hydrogen-bond acceptors (Lipinski definition) is 2. The van der Waals surface area contributed by atoms with E-state index in [9.17, 15) is 0 Å². The maximum Gasteiger partial charge on any atom is 0.119 e. The van der Waals surface area contributed by atoms with Gasteiger partial charge in [-0.15, -0.1) is 0 Å². The highest BCUT2D eigenvalue weighted by Gasteiger charge is 2.09. The van der Waals surface area contributed by atoms with Crippen LogP contribution in [0.25, 0.3) is 10.8 Å². The van der Waals surface area contributed by atoms with Crippen LogP contribution in [0.15, 0.2) is 66.7 Å². The first kappa shape index (κ1) is 14.5. The maximum absolute atomic E-state index is 5.18. The Kier molecular flexibility index (Phi) is 4.29. The summed E-state index contributed by atoms with van der Waals surface area (Å²) in [4.78, 5) is 0. The molecule has 0 saturated heterocycles. The zero-order valence-corrected chi connectivity index (χ0v) is 13.0. The van der Waals surface area contributed by atoms with E-state index in [4.69, 9.17) is 4.74 Å². The van der Waals surface area contributed by atoms with E-state index >= 15 is 0 Å². The molecule has 2 nitrogen and oxygen atoms in total. The SMILES string of the molecule is COc1ccc(NCC(C)c2cccc3ccccc23)cc1. The van der Waals surface area contributed by atoms with Gasteiger partial charge in [0.15, 0.2) is 0 Å². The van der Waals surface area contributed by atoms with E-state index in [0.29, 0.717) is 5.92 Å². The minimum atomic E-state index is 0.438. The van der Waals surface area contributed by atoms with Crippen LogP contribution in [0.4, 0.5) is 5.69 Å². The van der Waals surface area contributed by atoms with Gasteiger partial charge in [0.25, 0.3) is 0 Å². The highest BCUT2D eigenvalue weighted by Crippen LogP contribution is 2.26. The fourth-order valence-electron chi connectivity index (χ4n) is 2.77. The third-order valence-corrected chi connectivity index (χ3v) is 4.06. The van der Waals surface area contributed by atoms with Gasteiger partial charge in [0.2, 0.25) is 0 Å². The Labute approximate surface area is 131 Å². The molecule has 3 aromatic carbocycles. The van der Waals surface area contributed by atoms with Gasteiger partial charge in [-0.3, -0.25) is 0 Å². The van der Waals surface area contributed by atoms with Crippen LogP contribution < -0.4 is 10.1 Å². The van der Waals surface area contributed by atoms with Crippen molar-refractivity contribution in [1.82, 2.24) is 0 Å². The quantitative estimate of drug-likeness (QED) is 0.709. The van der Waals surface area contributed by atoms with Crippen molar-refractivity contribution in [3.05, 3.63) is 72.3 Å². The molecule has 0 fully saturated rings. The van der Waals surface area contributed by atoms with Crippen molar-refractivity contribution in [2.45, 2.75) is 12.8 Å². The number of hydrogen-bond donors (Lipinski definition) is 1. The van der Waals surface area contributed by atoms with Crippen molar-refractivity contribution in [2.24, 2.45) is 0 Å². The third kappa shape index (κ3) is 3.06. The van der Waals surface area contributed by atoms with E-state index in [1.54, 1.807) is 7.11 Å². The summed E-state index contributed by atoms with van der Waals surface area (Å²) in [6.07, 6.45) is 0. The molecule has 2 heteroatoms. The molecule has 0 radical (unpaired) electrons. The highest BCUT2D eigenvalue weighted by atomic mass is 16.5. The van der Waals surface area contributed by atoms with E-state index in [2.05, 4.69) is 66.8 Å². The summed E-state index contributed by atoms with van der Waals surface area (Å²) in [5.41, 5.74) is 2.51. The van der Waals surface area contributed by atoms with E-state index in [-0.39, 0.29) is 0 Å². The molecule has 0 saturated carbocycles. The summed E-state index contributed by atoms with van der Waals surface area (Å²) in [6.45, 7) is 3.17. The lowest BCUT2D eigenvalue weighted by molar-refractivity contribution is 0.415. The van der Waals surface area contributed by atoms with E-state index in [1.807, 2.05) is 12.1 Å². The van der Waals surface area contributed by atoms with Gasteiger partial charge >= 0.3 is 0 Å². The molecule has 1 unspecified atom stereocenters. The minimum Gasteiger partial charge on any atom is -0.497 e. The van der Waals surface area contributed by atoms with Crippen molar-refractivity contribution >= 4 is 16.5 Å². The maximum atomic E-state index is 5.18. The molecule has 0 aromatic heterocycles. The van der Waals surface area contributed by atoms with Crippen LogP contribution in [0, 0.1) is 0 Å². The average Bonchev–Trinajstić information content (AvgIpc) is 2.59. The number of anilines is 1. The second-order valence-corrected chi connectivity index (χ2v) is 5.58. The summed E-state index contributed by atoms with van der Waals surface area (Å²) < 4.78 is 5.18. The van der Waals surface area contributed by atoms with Gasteiger partial charge in [0.1, 0.15) is 5.75 Å². The molecule has 0 amide bonds. The Hall–Kier alpha value is -2.48. The van der Waals surface area contributed by atoms with E-state index < -0.39 is 0 Å². The molecule has 0 bridgehead atoms. The lowest BCUT2D eigenvalue weighted by atomic mass is 9.95. The largest absolute Gasteiger partial charge is 0.497 e. The monoisotopic (exact) mass is 291 g/mol. The van der Waals surface area contributed by atoms with Crippen molar-refractivity contribution in [3.63, 3.8) is 0 Å². The second kappa shape index (κ2) is 6.52. The van der Waals surface area contributed by atoms with Crippen molar-refractivity contribution in [3.8, 4) is 5.75 Å². The Bertz CT molecular complexity index is 744. The van der Waals surface area contributed by atoms with E-state index in [0.717, 1.165) is 18.0 Å². The molecule has 1 N–H and O–H groups in total. The molecule has 3 aromatic rings. The molecule has 112 valence electrons. The number of rotatable bonds is 5. The van der Waals surface area contributed by atoms with Gasteiger partial charge in [-0.2, -0.15) is 0 Å². The molecule has 0 aliphatic heterocycles. The summed E-state index contributed by atoms with van der Waals surface area (Å²) in [7, 11) is 1.69. The number of nitrogens with one attached hydrogen (secondary N) is 1. The fraction of sp³-hybridized carbons (Fsp3) is 0.200. The lowest BCUT2D eigenvalue weighted by Crippen LogP contribution is -2.10. The predicted molar refractivity (Wildman–Crippen MR) is 93.8 cm³/mol. The molecule has 0 aliphatic rings.